The minimum atomic E-state index is -1.21. The van der Waals surface area contributed by atoms with Gasteiger partial charge in [-0.2, -0.15) is 0 Å². The van der Waals surface area contributed by atoms with Gasteiger partial charge in [-0.3, -0.25) is 4.79 Å². The summed E-state index contributed by atoms with van der Waals surface area (Å²) in [5, 5.41) is 11.7. The van der Waals surface area contributed by atoms with E-state index in [0.29, 0.717) is 6.54 Å². The molecule has 0 unspecified atom stereocenters. The molecule has 6 heteroatoms. The maximum atomic E-state index is 12.1. The highest BCUT2D eigenvalue weighted by molar-refractivity contribution is 6.02. The second-order valence-electron chi connectivity index (χ2n) is 5.36. The van der Waals surface area contributed by atoms with Gasteiger partial charge in [0.1, 0.15) is 0 Å². The molecule has 110 valence electrons. The molecule has 6 nitrogen and oxygen atoms in total. The maximum absolute atomic E-state index is 12.1. The summed E-state index contributed by atoms with van der Waals surface area (Å²) in [7, 11) is 0. The Hall–Kier alpha value is -2.63. The van der Waals surface area contributed by atoms with Crippen molar-refractivity contribution in [3.05, 3.63) is 53.6 Å². The van der Waals surface area contributed by atoms with Crippen LogP contribution in [0.25, 0.3) is 0 Å². The number of nitrogens with zero attached hydrogens (tertiary/aromatic N) is 1. The van der Waals surface area contributed by atoms with E-state index in [4.69, 9.17) is 5.11 Å². The van der Waals surface area contributed by atoms with Crippen LogP contribution in [-0.4, -0.2) is 33.5 Å². The number of H-pyrrole nitrogens is 1. The Balaban J connectivity index is 2.07. The van der Waals surface area contributed by atoms with E-state index in [2.05, 4.69) is 15.3 Å². The third-order valence-electron chi connectivity index (χ3n) is 3.31. The van der Waals surface area contributed by atoms with Crippen LogP contribution < -0.4 is 5.32 Å². The minimum absolute atomic E-state index is 0.105. The molecule has 0 saturated heterocycles. The molecule has 1 heterocycles. The molecule has 0 radical (unpaired) electrons. The van der Waals surface area contributed by atoms with Crippen molar-refractivity contribution >= 4 is 11.9 Å². The van der Waals surface area contributed by atoms with Gasteiger partial charge < -0.3 is 15.4 Å². The monoisotopic (exact) mass is 287 g/mol. The van der Waals surface area contributed by atoms with Gasteiger partial charge in [0.25, 0.3) is 5.91 Å². The Kier molecular flexibility index (Phi) is 4.07. The average molecular weight is 287 g/mol. The standard InChI is InChI=1S/C15H17N3O3/c1-15(2,10-6-4-3-5-7-10)8-16-13(19)11-12(14(20)21)18-9-17-11/h3-7,9H,8H2,1-2H3,(H,16,19)(H,17,18)(H,20,21). The zero-order valence-corrected chi connectivity index (χ0v) is 11.9. The summed E-state index contributed by atoms with van der Waals surface area (Å²) in [6.07, 6.45) is 1.20. The molecule has 0 aliphatic rings. The number of aromatic nitrogens is 2. The van der Waals surface area contributed by atoms with E-state index in [9.17, 15) is 9.59 Å². The first-order valence-corrected chi connectivity index (χ1v) is 6.52. The van der Waals surface area contributed by atoms with E-state index < -0.39 is 11.9 Å². The third-order valence-corrected chi connectivity index (χ3v) is 3.31. The van der Waals surface area contributed by atoms with Gasteiger partial charge in [-0.05, 0) is 5.56 Å². The molecule has 21 heavy (non-hydrogen) atoms. The highest BCUT2D eigenvalue weighted by atomic mass is 16.4. The molecule has 1 aromatic heterocycles. The zero-order valence-electron chi connectivity index (χ0n) is 11.9. The lowest BCUT2D eigenvalue weighted by molar-refractivity contribution is 0.0685. The molecule has 0 bridgehead atoms. The number of imidazole rings is 1. The number of aromatic amines is 1. The van der Waals surface area contributed by atoms with Crippen molar-refractivity contribution in [2.45, 2.75) is 19.3 Å². The number of amides is 1. The number of aromatic carboxylic acids is 1. The quantitative estimate of drug-likeness (QED) is 0.781. The third kappa shape index (κ3) is 3.28. The van der Waals surface area contributed by atoms with E-state index in [1.54, 1.807) is 0 Å². The van der Waals surface area contributed by atoms with E-state index in [1.807, 2.05) is 44.2 Å². The lowest BCUT2D eigenvalue weighted by Gasteiger charge is -2.25. The fourth-order valence-electron chi connectivity index (χ4n) is 2.01. The highest BCUT2D eigenvalue weighted by Gasteiger charge is 2.24. The molecular weight excluding hydrogens is 270 g/mol. The van der Waals surface area contributed by atoms with Crippen LogP contribution in [0.1, 0.15) is 40.4 Å². The van der Waals surface area contributed by atoms with Crippen LogP contribution in [0.3, 0.4) is 0 Å². The largest absolute Gasteiger partial charge is 0.477 e. The molecule has 0 aliphatic heterocycles. The molecule has 0 saturated carbocycles. The molecule has 2 rings (SSSR count). The van der Waals surface area contributed by atoms with E-state index in [1.165, 1.54) is 6.33 Å². The second-order valence-corrected chi connectivity index (χ2v) is 5.36. The fraction of sp³-hybridized carbons (Fsp3) is 0.267. The molecule has 2 aromatic rings. The first kappa shape index (κ1) is 14.8. The van der Waals surface area contributed by atoms with Crippen LogP contribution in [0.5, 0.6) is 0 Å². The van der Waals surface area contributed by atoms with Gasteiger partial charge >= 0.3 is 5.97 Å². The van der Waals surface area contributed by atoms with Gasteiger partial charge in [-0.25, -0.2) is 9.78 Å². The first-order valence-electron chi connectivity index (χ1n) is 6.52. The summed E-state index contributed by atoms with van der Waals surface area (Å²) in [5.74, 6) is -1.71. The van der Waals surface area contributed by atoms with Gasteiger partial charge in [0, 0.05) is 12.0 Å². The predicted molar refractivity (Wildman–Crippen MR) is 77.3 cm³/mol. The molecule has 1 aromatic carbocycles. The summed E-state index contributed by atoms with van der Waals surface area (Å²) < 4.78 is 0. The molecule has 1 amide bonds. The molecule has 0 spiro atoms. The molecule has 0 aliphatic carbocycles. The number of benzene rings is 1. The van der Waals surface area contributed by atoms with Crippen molar-refractivity contribution in [3.63, 3.8) is 0 Å². The van der Waals surface area contributed by atoms with Crippen LogP contribution in [-0.2, 0) is 5.41 Å². The first-order chi connectivity index (χ1) is 9.92. The van der Waals surface area contributed by atoms with Gasteiger partial charge in [0.2, 0.25) is 0 Å². The second kappa shape index (κ2) is 5.78. The normalized spacial score (nSPS) is 11.1. The highest BCUT2D eigenvalue weighted by Crippen LogP contribution is 2.21. The Labute approximate surface area is 122 Å². The summed E-state index contributed by atoms with van der Waals surface area (Å²) in [5.41, 5.74) is 0.513. The van der Waals surface area contributed by atoms with E-state index >= 15 is 0 Å². The van der Waals surface area contributed by atoms with E-state index in [-0.39, 0.29) is 16.8 Å². The van der Waals surface area contributed by atoms with Crippen molar-refractivity contribution in [2.24, 2.45) is 0 Å². The number of rotatable bonds is 5. The van der Waals surface area contributed by atoms with Crippen LogP contribution in [0.4, 0.5) is 0 Å². The van der Waals surface area contributed by atoms with Crippen molar-refractivity contribution < 1.29 is 14.7 Å². The Morgan fingerprint density at radius 3 is 2.57 bits per heavy atom. The molecule has 3 N–H and O–H groups in total. The number of hydrogen-bond acceptors (Lipinski definition) is 3. The maximum Gasteiger partial charge on any atom is 0.354 e. The topological polar surface area (TPSA) is 95.1 Å². The van der Waals surface area contributed by atoms with Crippen molar-refractivity contribution in [2.75, 3.05) is 6.54 Å². The van der Waals surface area contributed by atoms with Crippen LogP contribution >= 0.6 is 0 Å². The Morgan fingerprint density at radius 2 is 1.95 bits per heavy atom. The lowest BCUT2D eigenvalue weighted by Crippen LogP contribution is -2.37. The number of carbonyl (C=O) groups is 2. The van der Waals surface area contributed by atoms with E-state index in [0.717, 1.165) is 5.56 Å². The Bertz CT molecular complexity index is 647. The summed E-state index contributed by atoms with van der Waals surface area (Å²) in [6, 6.07) is 9.79. The average Bonchev–Trinajstić information content (AvgIpc) is 2.95. The lowest BCUT2D eigenvalue weighted by atomic mass is 9.84. The van der Waals surface area contributed by atoms with Crippen molar-refractivity contribution in [3.8, 4) is 0 Å². The zero-order chi connectivity index (χ0) is 15.5. The fourth-order valence-corrected chi connectivity index (χ4v) is 2.01. The SMILES string of the molecule is CC(C)(CNC(=O)c1nc[nH]c1C(=O)O)c1ccccc1. The van der Waals surface area contributed by atoms with Gasteiger partial charge in [0.15, 0.2) is 11.4 Å². The van der Waals surface area contributed by atoms with Gasteiger partial charge in [-0.15, -0.1) is 0 Å². The summed E-state index contributed by atoms with van der Waals surface area (Å²) in [4.78, 5) is 29.2. The summed E-state index contributed by atoms with van der Waals surface area (Å²) >= 11 is 0. The Morgan fingerprint density at radius 1 is 1.29 bits per heavy atom. The van der Waals surface area contributed by atoms with Gasteiger partial charge in [0.05, 0.1) is 6.33 Å². The number of carboxylic acids is 1. The smallest absolute Gasteiger partial charge is 0.354 e. The van der Waals surface area contributed by atoms with Crippen LogP contribution in [0.2, 0.25) is 0 Å². The number of hydrogen-bond donors (Lipinski definition) is 3. The predicted octanol–water partition coefficient (Wildman–Crippen LogP) is 1.82. The van der Waals surface area contributed by atoms with Gasteiger partial charge in [-0.1, -0.05) is 44.2 Å². The number of carboxylic acid groups (broad SMARTS) is 1. The summed E-state index contributed by atoms with van der Waals surface area (Å²) in [6.45, 7) is 4.39. The molecule has 0 atom stereocenters. The molecular formula is C15H17N3O3. The minimum Gasteiger partial charge on any atom is -0.477 e. The van der Waals surface area contributed by atoms with Crippen LogP contribution in [0.15, 0.2) is 36.7 Å². The van der Waals surface area contributed by atoms with Crippen molar-refractivity contribution in [1.29, 1.82) is 0 Å². The number of carbonyl (C=O) groups excluding carboxylic acids is 1. The van der Waals surface area contributed by atoms with Crippen LogP contribution in [0, 0.1) is 0 Å². The van der Waals surface area contributed by atoms with Crippen molar-refractivity contribution in [1.82, 2.24) is 15.3 Å². The number of nitrogens with one attached hydrogen (secondary N) is 2. The molecule has 0 fully saturated rings.